The van der Waals surface area contributed by atoms with Crippen molar-refractivity contribution >= 4 is 34.8 Å². The van der Waals surface area contributed by atoms with Gasteiger partial charge < -0.3 is 20.5 Å². The molecular weight excluding hydrogens is 394 g/mol. The third kappa shape index (κ3) is 3.15. The number of amides is 2. The number of fused-ring (bicyclic) bond motifs is 2. The molecule has 0 radical (unpaired) electrons. The number of nitrogens with one attached hydrogen (secondary N) is 3. The van der Waals surface area contributed by atoms with Crippen LogP contribution in [0.15, 0.2) is 42.5 Å². The van der Waals surface area contributed by atoms with Crippen molar-refractivity contribution in [2.24, 2.45) is 5.92 Å². The van der Waals surface area contributed by atoms with Crippen LogP contribution in [0.4, 0.5) is 11.4 Å². The Bertz CT molecular complexity index is 980. The molecule has 0 bridgehead atoms. The lowest BCUT2D eigenvalue weighted by Crippen LogP contribution is -2.53. The Kier molecular flexibility index (Phi) is 4.98. The maximum atomic E-state index is 13.4. The van der Waals surface area contributed by atoms with Crippen molar-refractivity contribution in [1.29, 1.82) is 0 Å². The van der Waals surface area contributed by atoms with Crippen LogP contribution >= 0.6 is 11.6 Å². The summed E-state index contributed by atoms with van der Waals surface area (Å²) in [4.78, 5) is 26.5. The van der Waals surface area contributed by atoms with Gasteiger partial charge in [0, 0.05) is 22.3 Å². The maximum Gasteiger partial charge on any atom is 0.250 e. The zero-order chi connectivity index (χ0) is 20.8. The average Bonchev–Trinajstić information content (AvgIpc) is 3.22. The Morgan fingerprint density at radius 1 is 1.34 bits per heavy atom. The lowest BCUT2D eigenvalue weighted by molar-refractivity contribution is -0.130. The lowest BCUT2D eigenvalue weighted by atomic mass is 9.79. The number of benzene rings is 2. The van der Waals surface area contributed by atoms with Crippen molar-refractivity contribution in [3.63, 3.8) is 0 Å². The fraction of sp³-hybridized carbons (Fsp3) is 0.333. The molecule has 0 aliphatic carbocycles. The van der Waals surface area contributed by atoms with Crippen molar-refractivity contribution in [1.82, 2.24) is 5.32 Å². The molecule has 2 amide bonds. The van der Waals surface area contributed by atoms with E-state index in [0.29, 0.717) is 34.1 Å². The Balaban J connectivity index is 1.74. The van der Waals surface area contributed by atoms with E-state index in [1.807, 2.05) is 18.2 Å². The first-order valence-electron chi connectivity index (χ1n) is 9.38. The van der Waals surface area contributed by atoms with Crippen LogP contribution in [0.3, 0.4) is 0 Å². The van der Waals surface area contributed by atoms with Crippen molar-refractivity contribution in [2.75, 3.05) is 17.7 Å². The number of halogens is 1. The molecule has 1 spiro atoms. The summed E-state index contributed by atoms with van der Waals surface area (Å²) in [6.45, 7) is 1.64. The van der Waals surface area contributed by atoms with Gasteiger partial charge in [-0.15, -0.1) is 0 Å². The fourth-order valence-electron chi connectivity index (χ4n) is 4.27. The molecule has 0 unspecified atom stereocenters. The highest BCUT2D eigenvalue weighted by Gasteiger charge is 2.60. The van der Waals surface area contributed by atoms with Gasteiger partial charge in [0.05, 0.1) is 24.8 Å². The molecule has 7 nitrogen and oxygen atoms in total. The van der Waals surface area contributed by atoms with Gasteiger partial charge in [-0.1, -0.05) is 29.8 Å². The van der Waals surface area contributed by atoms with E-state index in [0.717, 1.165) is 0 Å². The number of aliphatic hydroxyl groups excluding tert-OH is 1. The SMILES string of the molecule is COc1ccc(Cl)cc1NC(=O)[C@H]1C[C@H]([C@@H](C)O)N[C@]12C(=O)Nc1ccccc12. The smallest absolute Gasteiger partial charge is 0.250 e. The van der Waals surface area contributed by atoms with Crippen LogP contribution in [-0.4, -0.2) is 36.2 Å². The van der Waals surface area contributed by atoms with E-state index < -0.39 is 23.6 Å². The van der Waals surface area contributed by atoms with Crippen LogP contribution in [0.25, 0.3) is 0 Å². The molecule has 4 rings (SSSR count). The largest absolute Gasteiger partial charge is 0.495 e. The topological polar surface area (TPSA) is 99.7 Å². The fourth-order valence-corrected chi connectivity index (χ4v) is 4.44. The highest BCUT2D eigenvalue weighted by molar-refractivity contribution is 6.31. The number of aliphatic hydroxyl groups is 1. The number of para-hydroxylation sites is 1. The number of hydrogen-bond acceptors (Lipinski definition) is 5. The van der Waals surface area contributed by atoms with Gasteiger partial charge in [0.1, 0.15) is 11.3 Å². The number of anilines is 2. The molecule has 2 aromatic carbocycles. The van der Waals surface area contributed by atoms with Gasteiger partial charge in [-0.25, -0.2) is 0 Å². The van der Waals surface area contributed by atoms with E-state index in [4.69, 9.17) is 16.3 Å². The molecule has 2 aromatic rings. The number of ether oxygens (including phenoxy) is 1. The van der Waals surface area contributed by atoms with Crippen LogP contribution < -0.4 is 20.7 Å². The van der Waals surface area contributed by atoms with Crippen LogP contribution in [0.1, 0.15) is 18.9 Å². The lowest BCUT2D eigenvalue weighted by Gasteiger charge is -2.29. The van der Waals surface area contributed by atoms with Gasteiger partial charge in [-0.05, 0) is 37.6 Å². The van der Waals surface area contributed by atoms with Crippen molar-refractivity contribution in [3.8, 4) is 5.75 Å². The molecule has 4 atom stereocenters. The monoisotopic (exact) mass is 415 g/mol. The third-order valence-corrected chi connectivity index (χ3v) is 5.94. The summed E-state index contributed by atoms with van der Waals surface area (Å²) in [5, 5.41) is 19.6. The zero-order valence-corrected chi connectivity index (χ0v) is 16.8. The molecule has 1 fully saturated rings. The van der Waals surface area contributed by atoms with Crippen molar-refractivity contribution in [3.05, 3.63) is 53.1 Å². The number of carbonyl (C=O) groups excluding carboxylic acids is 2. The Labute approximate surface area is 173 Å². The van der Waals surface area contributed by atoms with Crippen LogP contribution in [0.5, 0.6) is 5.75 Å². The van der Waals surface area contributed by atoms with E-state index in [-0.39, 0.29) is 11.8 Å². The highest BCUT2D eigenvalue weighted by atomic mass is 35.5. The summed E-state index contributed by atoms with van der Waals surface area (Å²) >= 11 is 6.08. The van der Waals surface area contributed by atoms with Gasteiger partial charge in [0.25, 0.3) is 0 Å². The summed E-state index contributed by atoms with van der Waals surface area (Å²) in [7, 11) is 1.50. The molecular formula is C21H22ClN3O4. The van der Waals surface area contributed by atoms with Gasteiger partial charge in [-0.2, -0.15) is 0 Å². The van der Waals surface area contributed by atoms with Gasteiger partial charge in [-0.3, -0.25) is 14.9 Å². The summed E-state index contributed by atoms with van der Waals surface area (Å²) in [5.74, 6) is -0.936. The minimum Gasteiger partial charge on any atom is -0.495 e. The quantitative estimate of drug-likeness (QED) is 0.614. The van der Waals surface area contributed by atoms with E-state index in [1.165, 1.54) is 7.11 Å². The first-order chi connectivity index (χ1) is 13.9. The molecule has 29 heavy (non-hydrogen) atoms. The normalized spacial score (nSPS) is 26.1. The summed E-state index contributed by atoms with van der Waals surface area (Å²) in [5.41, 5.74) is 0.529. The summed E-state index contributed by atoms with van der Waals surface area (Å²) < 4.78 is 5.31. The molecule has 0 aromatic heterocycles. The van der Waals surface area contributed by atoms with Crippen molar-refractivity contribution < 1.29 is 19.4 Å². The van der Waals surface area contributed by atoms with E-state index >= 15 is 0 Å². The second kappa shape index (κ2) is 7.33. The van der Waals surface area contributed by atoms with Crippen LogP contribution in [0.2, 0.25) is 5.02 Å². The number of carbonyl (C=O) groups is 2. The predicted octanol–water partition coefficient (Wildman–Crippen LogP) is 2.49. The molecule has 2 aliphatic heterocycles. The van der Waals surface area contributed by atoms with E-state index in [1.54, 1.807) is 31.2 Å². The molecule has 2 aliphatic rings. The summed E-state index contributed by atoms with van der Waals surface area (Å²) in [6, 6.07) is 11.8. The molecule has 4 N–H and O–H groups in total. The minimum absolute atomic E-state index is 0.300. The van der Waals surface area contributed by atoms with Crippen LogP contribution in [0, 0.1) is 5.92 Å². The molecule has 1 saturated heterocycles. The van der Waals surface area contributed by atoms with Crippen molar-refractivity contribution in [2.45, 2.75) is 31.0 Å². The number of rotatable bonds is 4. The maximum absolute atomic E-state index is 13.4. The second-order valence-electron chi connectivity index (χ2n) is 7.42. The highest BCUT2D eigenvalue weighted by Crippen LogP contribution is 2.47. The number of methoxy groups -OCH3 is 1. The van der Waals surface area contributed by atoms with Crippen LogP contribution in [-0.2, 0) is 15.1 Å². The Morgan fingerprint density at radius 2 is 2.10 bits per heavy atom. The zero-order valence-electron chi connectivity index (χ0n) is 16.0. The average molecular weight is 416 g/mol. The molecule has 0 saturated carbocycles. The summed E-state index contributed by atoms with van der Waals surface area (Å²) in [6.07, 6.45) is -0.431. The Hall–Kier alpha value is -2.61. The predicted molar refractivity (Wildman–Crippen MR) is 110 cm³/mol. The minimum atomic E-state index is -1.26. The van der Waals surface area contributed by atoms with Gasteiger partial charge in [0.2, 0.25) is 11.8 Å². The van der Waals surface area contributed by atoms with E-state index in [2.05, 4.69) is 16.0 Å². The Morgan fingerprint density at radius 3 is 2.83 bits per heavy atom. The molecule has 2 heterocycles. The first-order valence-corrected chi connectivity index (χ1v) is 9.75. The number of hydrogen-bond donors (Lipinski definition) is 4. The standard InChI is InChI=1S/C21H22ClN3O4/c1-11(26)16-10-14(19(27)23-17-9-12(22)7-8-18(17)29-2)21(25-16)13-5-3-4-6-15(13)24-20(21)28/h3-9,11,14,16,25-26H,10H2,1-2H3,(H,23,27)(H,24,28)/t11-,14-,16-,21+/m1/s1. The molecule has 152 valence electrons. The molecule has 8 heteroatoms. The van der Waals surface area contributed by atoms with E-state index in [9.17, 15) is 14.7 Å². The first kappa shape index (κ1) is 19.7. The van der Waals surface area contributed by atoms with Gasteiger partial charge in [0.15, 0.2) is 0 Å². The van der Waals surface area contributed by atoms with Gasteiger partial charge >= 0.3 is 0 Å². The second-order valence-corrected chi connectivity index (χ2v) is 7.86. The third-order valence-electron chi connectivity index (χ3n) is 5.70.